The third-order valence-electron chi connectivity index (χ3n) is 14.1. The molecule has 3 saturated heterocycles. The summed E-state index contributed by atoms with van der Waals surface area (Å²) < 4.78 is 15.3. The molecule has 62 heavy (non-hydrogen) atoms. The van der Waals surface area contributed by atoms with Gasteiger partial charge in [0.2, 0.25) is 11.8 Å². The number of ether oxygens (including phenoxy) is 3. The quantitative estimate of drug-likeness (QED) is 0.113. The van der Waals surface area contributed by atoms with Gasteiger partial charge in [-0.25, -0.2) is 19.6 Å². The molecule has 4 fully saturated rings. The lowest BCUT2D eigenvalue weighted by Gasteiger charge is -2.45. The summed E-state index contributed by atoms with van der Waals surface area (Å²) >= 11 is 0. The van der Waals surface area contributed by atoms with E-state index in [1.165, 1.54) is 14.2 Å². The van der Waals surface area contributed by atoms with Crippen molar-refractivity contribution in [2.45, 2.75) is 95.4 Å². The number of fused-ring (bicyclic) bond motifs is 5. The number of likely N-dealkylation sites (tertiary alicyclic amines) is 2. The molecule has 2 bridgehead atoms. The van der Waals surface area contributed by atoms with Crippen LogP contribution in [-0.4, -0.2) is 106 Å². The van der Waals surface area contributed by atoms with Crippen LogP contribution in [0, 0.1) is 17.8 Å². The number of rotatable bonds is 10. The number of piperidine rings is 1. The van der Waals surface area contributed by atoms with Crippen molar-refractivity contribution in [3.05, 3.63) is 72.4 Å². The van der Waals surface area contributed by atoms with Gasteiger partial charge in [0.15, 0.2) is 0 Å². The Kier molecular flexibility index (Phi) is 11.2. The Balaban J connectivity index is 0.932. The molecule has 0 radical (unpaired) electrons. The van der Waals surface area contributed by atoms with Crippen molar-refractivity contribution in [3.8, 4) is 22.4 Å². The number of amides is 4. The molecule has 5 heterocycles. The number of carbonyl (C=O) groups excluding carboxylic acids is 4. The number of aromatic amines is 2. The number of hydrogen-bond acceptors (Lipinski definition) is 9. The van der Waals surface area contributed by atoms with Crippen molar-refractivity contribution >= 4 is 45.8 Å². The zero-order valence-corrected chi connectivity index (χ0v) is 36.0. The highest BCUT2D eigenvalue weighted by atomic mass is 16.5. The molecule has 15 heteroatoms. The van der Waals surface area contributed by atoms with Gasteiger partial charge in [-0.15, -0.1) is 0 Å². The van der Waals surface area contributed by atoms with E-state index in [4.69, 9.17) is 24.2 Å². The minimum absolute atomic E-state index is 0.0304. The summed E-state index contributed by atoms with van der Waals surface area (Å²) in [5.41, 5.74) is 5.09. The van der Waals surface area contributed by atoms with Crippen LogP contribution in [0.5, 0.6) is 0 Å². The molecule has 326 valence electrons. The van der Waals surface area contributed by atoms with E-state index in [2.05, 4.69) is 82.1 Å². The van der Waals surface area contributed by atoms with E-state index >= 15 is 0 Å². The first-order chi connectivity index (χ1) is 30.0. The summed E-state index contributed by atoms with van der Waals surface area (Å²) in [6.45, 7) is 7.70. The minimum Gasteiger partial charge on any atom is -0.453 e. The number of benzene rings is 3. The molecule has 3 aliphatic heterocycles. The number of nitrogens with zero attached hydrogens (tertiary/aromatic N) is 4. The highest BCUT2D eigenvalue weighted by Gasteiger charge is 2.59. The van der Waals surface area contributed by atoms with Gasteiger partial charge in [-0.05, 0) is 104 Å². The summed E-state index contributed by atoms with van der Waals surface area (Å²) in [5, 5.41) is 7.69. The normalized spacial score (nSPS) is 23.5. The Morgan fingerprint density at radius 3 is 2.32 bits per heavy atom. The minimum atomic E-state index is -0.712. The van der Waals surface area contributed by atoms with E-state index in [1.807, 2.05) is 29.8 Å². The van der Waals surface area contributed by atoms with Crippen LogP contribution in [0.25, 0.3) is 44.2 Å². The fourth-order valence-electron chi connectivity index (χ4n) is 10.7. The van der Waals surface area contributed by atoms with Crippen LogP contribution in [0.4, 0.5) is 9.59 Å². The highest BCUT2D eigenvalue weighted by molar-refractivity contribution is 6.05. The SMILES string of the molecule is COC(=O)N[C@H](C(=O)N1[C@@H]2CC[C@@H](C2)C1(C)c1nc2c(ccc3cc(-c4ccc(-c5cnc([C@@H]6CCCN6C(=O)[C@@H](NC(=O)OC)C6CCOCC6)[nH]5)cc4)ccc32)[nH]1)C(C)C. The molecule has 4 amide bonds. The Hall–Kier alpha value is -5.96. The second kappa shape index (κ2) is 16.7. The van der Waals surface area contributed by atoms with Crippen molar-refractivity contribution in [1.82, 2.24) is 40.4 Å². The Morgan fingerprint density at radius 1 is 0.855 bits per heavy atom. The number of nitrogens with one attached hydrogen (secondary N) is 4. The van der Waals surface area contributed by atoms with E-state index in [9.17, 15) is 19.2 Å². The lowest BCUT2D eigenvalue weighted by atomic mass is 9.83. The first kappa shape index (κ1) is 41.4. The smallest absolute Gasteiger partial charge is 0.407 e. The fraction of sp³-hybridized carbons (Fsp3) is 0.489. The maximum absolute atomic E-state index is 14.3. The number of carbonyl (C=O) groups is 4. The van der Waals surface area contributed by atoms with Gasteiger partial charge in [-0.3, -0.25) is 9.59 Å². The summed E-state index contributed by atoms with van der Waals surface area (Å²) in [5.74, 6) is 1.37. The zero-order valence-electron chi connectivity index (χ0n) is 36.0. The number of hydrogen-bond donors (Lipinski definition) is 4. The van der Waals surface area contributed by atoms with E-state index in [0.29, 0.717) is 32.6 Å². The van der Waals surface area contributed by atoms with Gasteiger partial charge in [0, 0.05) is 31.2 Å². The average molecular weight is 845 g/mol. The van der Waals surface area contributed by atoms with Gasteiger partial charge in [0.25, 0.3) is 0 Å². The van der Waals surface area contributed by atoms with Gasteiger partial charge < -0.3 is 44.6 Å². The molecule has 1 unspecified atom stereocenters. The maximum atomic E-state index is 14.3. The van der Waals surface area contributed by atoms with Crippen molar-refractivity contribution < 1.29 is 33.4 Å². The molecule has 5 aromatic rings. The first-order valence-corrected chi connectivity index (χ1v) is 22.0. The van der Waals surface area contributed by atoms with Gasteiger partial charge in [0.05, 0.1) is 43.2 Å². The van der Waals surface area contributed by atoms with Crippen LogP contribution >= 0.6 is 0 Å². The summed E-state index contributed by atoms with van der Waals surface area (Å²) in [7, 11) is 2.62. The van der Waals surface area contributed by atoms with Crippen LogP contribution in [-0.2, 0) is 29.3 Å². The molecule has 1 saturated carbocycles. The van der Waals surface area contributed by atoms with Crippen molar-refractivity contribution in [2.24, 2.45) is 17.8 Å². The molecule has 2 aromatic heterocycles. The van der Waals surface area contributed by atoms with Gasteiger partial charge in [0.1, 0.15) is 29.3 Å². The van der Waals surface area contributed by atoms with E-state index in [1.54, 1.807) is 0 Å². The number of methoxy groups -OCH3 is 2. The van der Waals surface area contributed by atoms with Crippen molar-refractivity contribution in [1.29, 1.82) is 0 Å². The molecule has 9 rings (SSSR count). The number of H-pyrrole nitrogens is 2. The van der Waals surface area contributed by atoms with Crippen LogP contribution < -0.4 is 10.6 Å². The molecule has 4 N–H and O–H groups in total. The van der Waals surface area contributed by atoms with E-state index in [0.717, 1.165) is 87.9 Å². The van der Waals surface area contributed by atoms with Crippen LogP contribution in [0.2, 0.25) is 0 Å². The predicted octanol–water partition coefficient (Wildman–Crippen LogP) is 7.19. The monoisotopic (exact) mass is 844 g/mol. The average Bonchev–Trinajstić information content (AvgIpc) is 4.16. The van der Waals surface area contributed by atoms with Gasteiger partial charge in [-0.2, -0.15) is 0 Å². The molecule has 1 aliphatic carbocycles. The molecule has 6 atom stereocenters. The fourth-order valence-corrected chi connectivity index (χ4v) is 10.7. The lowest BCUT2D eigenvalue weighted by molar-refractivity contribution is -0.144. The highest BCUT2D eigenvalue weighted by Crippen LogP contribution is 2.54. The summed E-state index contributed by atoms with van der Waals surface area (Å²) in [6.07, 6.45) is 6.44. The molecule has 3 aromatic carbocycles. The van der Waals surface area contributed by atoms with Gasteiger partial charge in [-0.1, -0.05) is 56.3 Å². The second-order valence-corrected chi connectivity index (χ2v) is 17.9. The van der Waals surface area contributed by atoms with Crippen molar-refractivity contribution in [2.75, 3.05) is 34.0 Å². The third-order valence-corrected chi connectivity index (χ3v) is 14.1. The number of aromatic nitrogens is 4. The van der Waals surface area contributed by atoms with E-state index < -0.39 is 29.8 Å². The topological polar surface area (TPSA) is 184 Å². The molecule has 15 nitrogen and oxygen atoms in total. The molecular weight excluding hydrogens is 789 g/mol. The van der Waals surface area contributed by atoms with Crippen LogP contribution in [0.15, 0.2) is 60.8 Å². The molecule has 4 aliphatic rings. The third kappa shape index (κ3) is 7.33. The molecule has 0 spiro atoms. The van der Waals surface area contributed by atoms with Crippen LogP contribution in [0.1, 0.15) is 83.4 Å². The Labute approximate surface area is 360 Å². The lowest BCUT2D eigenvalue weighted by Crippen LogP contribution is -2.59. The predicted molar refractivity (Wildman–Crippen MR) is 233 cm³/mol. The standard InChI is InChI=1S/C47H56N8O7/c1-26(2)38(52-45(58)60-4)43(57)55-33-15-14-32(24-33)47(55,3)44-50-35-17-13-31-23-30(12-16-34(31)40(35)51-44)27-8-10-28(11-9-27)36-25-48-41(49-36)37-7-6-20-54(37)42(56)39(53-46(59)61-5)29-18-21-62-22-19-29/h8-13,16-17,23,25-26,29,32-33,37-39H,6-7,14-15,18-22,24H2,1-5H3,(H,48,49)(H,50,51)(H,52,58)(H,53,59)/t32-,33+,37-,38-,39-,47?/m0/s1. The Bertz CT molecular complexity index is 2490. The van der Waals surface area contributed by atoms with E-state index in [-0.39, 0.29) is 41.7 Å². The van der Waals surface area contributed by atoms with Crippen LogP contribution in [0.3, 0.4) is 0 Å². The number of imidazole rings is 2. The zero-order chi connectivity index (χ0) is 43.3. The number of alkyl carbamates (subject to hydrolysis) is 2. The maximum Gasteiger partial charge on any atom is 0.407 e. The Morgan fingerprint density at radius 2 is 1.58 bits per heavy atom. The summed E-state index contributed by atoms with van der Waals surface area (Å²) in [6, 6.07) is 17.4. The van der Waals surface area contributed by atoms with Gasteiger partial charge >= 0.3 is 12.2 Å². The molecular formula is C47H56N8O7. The second-order valence-electron chi connectivity index (χ2n) is 17.9. The largest absolute Gasteiger partial charge is 0.453 e. The first-order valence-electron chi connectivity index (χ1n) is 22.0. The van der Waals surface area contributed by atoms with Crippen molar-refractivity contribution in [3.63, 3.8) is 0 Å². The summed E-state index contributed by atoms with van der Waals surface area (Å²) in [4.78, 5) is 73.8.